The second kappa shape index (κ2) is 6.83. The van der Waals surface area contributed by atoms with Crippen molar-refractivity contribution in [2.75, 3.05) is 25.4 Å². The number of rotatable bonds is 4. The maximum atomic E-state index is 12.5. The van der Waals surface area contributed by atoms with Crippen molar-refractivity contribution in [1.29, 1.82) is 5.26 Å². The molecule has 24 heavy (non-hydrogen) atoms. The molecule has 0 radical (unpaired) electrons. The normalized spacial score (nSPS) is 28.1. The third kappa shape index (κ3) is 3.64. The Morgan fingerprint density at radius 3 is 2.71 bits per heavy atom. The lowest BCUT2D eigenvalue weighted by molar-refractivity contribution is -0.0942. The van der Waals surface area contributed by atoms with E-state index in [1.54, 1.807) is 0 Å². The minimum atomic E-state index is -3.34. The molecule has 2 unspecified atom stereocenters. The van der Waals surface area contributed by atoms with Crippen LogP contribution in [0.3, 0.4) is 0 Å². The van der Waals surface area contributed by atoms with Gasteiger partial charge in [0.2, 0.25) is 0 Å². The van der Waals surface area contributed by atoms with Crippen LogP contribution >= 0.6 is 0 Å². The van der Waals surface area contributed by atoms with Crippen LogP contribution < -0.4 is 0 Å². The van der Waals surface area contributed by atoms with Gasteiger partial charge in [0, 0.05) is 25.6 Å². The van der Waals surface area contributed by atoms with Crippen molar-refractivity contribution in [3.8, 4) is 6.07 Å². The number of benzene rings is 1. The van der Waals surface area contributed by atoms with Crippen LogP contribution in [0.4, 0.5) is 0 Å². The molecule has 1 aliphatic heterocycles. The van der Waals surface area contributed by atoms with Gasteiger partial charge in [-0.3, -0.25) is 0 Å². The molecule has 1 aromatic carbocycles. The predicted molar refractivity (Wildman–Crippen MR) is 91.2 cm³/mol. The summed E-state index contributed by atoms with van der Waals surface area (Å²) < 4.78 is 24.9. The summed E-state index contributed by atoms with van der Waals surface area (Å²) in [6.07, 6.45) is 4.92. The first-order valence-corrected chi connectivity index (χ1v) is 10.3. The molecule has 0 amide bonds. The van der Waals surface area contributed by atoms with Gasteiger partial charge in [0.05, 0.1) is 27.9 Å². The Morgan fingerprint density at radius 1 is 1.25 bits per heavy atom. The lowest BCUT2D eigenvalue weighted by Crippen LogP contribution is -2.53. The molecule has 0 bridgehead atoms. The SMILES string of the molecule is N#Cc1ccc(S(=O)(=O)CCN2CCC3(O)CCCCC3C2)cc1. The van der Waals surface area contributed by atoms with E-state index in [-0.39, 0.29) is 16.6 Å². The molecular formula is C18H24N2O3S. The van der Waals surface area contributed by atoms with Crippen LogP contribution in [0.1, 0.15) is 37.7 Å². The van der Waals surface area contributed by atoms with Gasteiger partial charge in [-0.25, -0.2) is 8.42 Å². The zero-order valence-electron chi connectivity index (χ0n) is 13.8. The molecule has 3 rings (SSSR count). The smallest absolute Gasteiger partial charge is 0.179 e. The van der Waals surface area contributed by atoms with Gasteiger partial charge in [0.25, 0.3) is 0 Å². The maximum absolute atomic E-state index is 12.5. The summed E-state index contributed by atoms with van der Waals surface area (Å²) in [4.78, 5) is 2.44. The van der Waals surface area contributed by atoms with Gasteiger partial charge >= 0.3 is 0 Å². The number of nitriles is 1. The van der Waals surface area contributed by atoms with Crippen molar-refractivity contribution in [3.63, 3.8) is 0 Å². The molecule has 1 saturated carbocycles. The molecule has 130 valence electrons. The van der Waals surface area contributed by atoms with E-state index in [4.69, 9.17) is 5.26 Å². The third-order valence-corrected chi connectivity index (χ3v) is 7.24. The number of sulfone groups is 1. The highest BCUT2D eigenvalue weighted by molar-refractivity contribution is 7.91. The number of likely N-dealkylation sites (tertiary alicyclic amines) is 1. The van der Waals surface area contributed by atoms with Gasteiger partial charge in [0.15, 0.2) is 9.84 Å². The van der Waals surface area contributed by atoms with Gasteiger partial charge in [-0.15, -0.1) is 0 Å². The zero-order valence-corrected chi connectivity index (χ0v) is 14.6. The van der Waals surface area contributed by atoms with Gasteiger partial charge in [-0.2, -0.15) is 5.26 Å². The summed E-state index contributed by atoms with van der Waals surface area (Å²) >= 11 is 0. The molecule has 6 heteroatoms. The van der Waals surface area contributed by atoms with E-state index in [0.717, 1.165) is 45.2 Å². The molecule has 0 aromatic heterocycles. The number of hydrogen-bond acceptors (Lipinski definition) is 5. The highest BCUT2D eigenvalue weighted by Crippen LogP contribution is 2.39. The predicted octanol–water partition coefficient (Wildman–Crippen LogP) is 1.96. The van der Waals surface area contributed by atoms with Gasteiger partial charge < -0.3 is 10.0 Å². The van der Waals surface area contributed by atoms with E-state index in [9.17, 15) is 13.5 Å². The van der Waals surface area contributed by atoms with Crippen LogP contribution in [0.15, 0.2) is 29.2 Å². The molecule has 5 nitrogen and oxygen atoms in total. The molecule has 2 fully saturated rings. The largest absolute Gasteiger partial charge is 0.390 e. The third-order valence-electron chi connectivity index (χ3n) is 5.53. The number of hydrogen-bond donors (Lipinski definition) is 1. The summed E-state index contributed by atoms with van der Waals surface area (Å²) in [6.45, 7) is 2.05. The van der Waals surface area contributed by atoms with E-state index in [1.807, 2.05) is 6.07 Å². The fraction of sp³-hybridized carbons (Fsp3) is 0.611. The Labute approximate surface area is 143 Å². The Balaban J connectivity index is 1.60. The van der Waals surface area contributed by atoms with E-state index >= 15 is 0 Å². The molecule has 1 heterocycles. The first-order valence-electron chi connectivity index (χ1n) is 8.61. The van der Waals surface area contributed by atoms with Gasteiger partial charge in [-0.05, 0) is 43.5 Å². The minimum Gasteiger partial charge on any atom is -0.390 e. The van der Waals surface area contributed by atoms with Crippen molar-refractivity contribution in [3.05, 3.63) is 29.8 Å². The van der Waals surface area contributed by atoms with Crippen LogP contribution in [0.5, 0.6) is 0 Å². The van der Waals surface area contributed by atoms with Gasteiger partial charge in [-0.1, -0.05) is 12.8 Å². The van der Waals surface area contributed by atoms with Crippen LogP contribution in [0, 0.1) is 17.2 Å². The minimum absolute atomic E-state index is 0.0735. The highest BCUT2D eigenvalue weighted by atomic mass is 32.2. The van der Waals surface area contributed by atoms with Crippen molar-refractivity contribution in [1.82, 2.24) is 4.90 Å². The molecule has 1 saturated heterocycles. The number of piperidine rings is 1. The summed E-state index contributed by atoms with van der Waals surface area (Å²) in [5, 5.41) is 19.5. The Hall–Kier alpha value is -1.42. The molecule has 1 N–H and O–H groups in total. The second-order valence-corrected chi connectivity index (χ2v) is 9.16. The standard InChI is InChI=1S/C18H24N2O3S/c19-13-15-4-6-17(7-5-15)24(22,23)12-11-20-10-9-18(21)8-2-1-3-16(18)14-20/h4-7,16,21H,1-3,8-12,14H2. The van der Waals surface area contributed by atoms with Crippen molar-refractivity contribution in [2.45, 2.75) is 42.6 Å². The van der Waals surface area contributed by atoms with E-state index in [2.05, 4.69) is 4.90 Å². The molecule has 0 spiro atoms. The molecule has 1 aromatic rings. The lowest BCUT2D eigenvalue weighted by Gasteiger charge is -2.47. The molecule has 2 aliphatic rings. The number of fused-ring (bicyclic) bond motifs is 1. The van der Waals surface area contributed by atoms with Crippen LogP contribution in [-0.2, 0) is 9.84 Å². The summed E-state index contributed by atoms with van der Waals surface area (Å²) in [6, 6.07) is 8.08. The Bertz CT molecular complexity index is 724. The van der Waals surface area contributed by atoms with Crippen molar-refractivity contribution in [2.24, 2.45) is 5.92 Å². The quantitative estimate of drug-likeness (QED) is 0.899. The van der Waals surface area contributed by atoms with Crippen LogP contribution in [-0.4, -0.2) is 49.4 Å². The first-order chi connectivity index (χ1) is 11.4. The first kappa shape index (κ1) is 17.4. The second-order valence-electron chi connectivity index (χ2n) is 7.05. The maximum Gasteiger partial charge on any atom is 0.179 e. The molecule has 1 aliphatic carbocycles. The summed E-state index contributed by atoms with van der Waals surface area (Å²) in [5.41, 5.74) is -0.0673. The number of nitrogens with zero attached hydrogens (tertiary/aromatic N) is 2. The monoisotopic (exact) mass is 348 g/mol. The lowest BCUT2D eigenvalue weighted by atomic mass is 9.71. The van der Waals surface area contributed by atoms with Gasteiger partial charge in [0.1, 0.15) is 0 Å². The van der Waals surface area contributed by atoms with Crippen molar-refractivity contribution >= 4 is 9.84 Å². The van der Waals surface area contributed by atoms with E-state index in [0.29, 0.717) is 12.1 Å². The van der Waals surface area contributed by atoms with Crippen LogP contribution in [0.2, 0.25) is 0 Å². The summed E-state index contributed by atoms with van der Waals surface area (Å²) in [5.74, 6) is 0.349. The average molecular weight is 348 g/mol. The van der Waals surface area contributed by atoms with Crippen molar-refractivity contribution < 1.29 is 13.5 Å². The fourth-order valence-electron chi connectivity index (χ4n) is 3.95. The Kier molecular flexibility index (Phi) is 4.95. The topological polar surface area (TPSA) is 81.4 Å². The summed E-state index contributed by atoms with van der Waals surface area (Å²) in [7, 11) is -3.34. The van der Waals surface area contributed by atoms with E-state index < -0.39 is 15.4 Å². The Morgan fingerprint density at radius 2 is 2.00 bits per heavy atom. The zero-order chi connectivity index (χ0) is 17.2. The average Bonchev–Trinajstić information content (AvgIpc) is 2.60. The molecule has 2 atom stereocenters. The van der Waals surface area contributed by atoms with Crippen LogP contribution in [0.25, 0.3) is 0 Å². The number of aliphatic hydroxyl groups is 1. The van der Waals surface area contributed by atoms with E-state index in [1.165, 1.54) is 24.3 Å². The fourth-order valence-corrected chi connectivity index (χ4v) is 5.23. The molecular weight excluding hydrogens is 324 g/mol. The highest BCUT2D eigenvalue weighted by Gasteiger charge is 2.42.